The molecule has 1 fully saturated rings. The fraction of sp³-hybridized carbons (Fsp3) is 0.300. The number of ketones is 1. The average Bonchev–Trinajstić information content (AvgIpc) is 3.00. The first kappa shape index (κ1) is 18.4. The number of halogens is 1. The summed E-state index contributed by atoms with van der Waals surface area (Å²) in [6.07, 6.45) is 8.30. The Bertz CT molecular complexity index is 927. The summed E-state index contributed by atoms with van der Waals surface area (Å²) in [7, 11) is 0. The summed E-state index contributed by atoms with van der Waals surface area (Å²) >= 11 is 5.02. The lowest BCUT2D eigenvalue weighted by molar-refractivity contribution is -0.118. The van der Waals surface area contributed by atoms with Gasteiger partial charge in [-0.25, -0.2) is 0 Å². The van der Waals surface area contributed by atoms with Gasteiger partial charge in [0.2, 0.25) is 0 Å². The van der Waals surface area contributed by atoms with Crippen molar-refractivity contribution in [1.29, 1.82) is 0 Å². The maximum atomic E-state index is 12.5. The largest absolute Gasteiger partial charge is 0.298 e. The second-order valence-electron chi connectivity index (χ2n) is 6.53. The van der Waals surface area contributed by atoms with E-state index in [9.17, 15) is 4.79 Å². The van der Waals surface area contributed by atoms with Crippen molar-refractivity contribution in [3.05, 3.63) is 53.3 Å². The third-order valence-electron chi connectivity index (χ3n) is 4.63. The van der Waals surface area contributed by atoms with Crippen LogP contribution in [-0.4, -0.2) is 30.8 Å². The van der Waals surface area contributed by atoms with Crippen LogP contribution in [0.15, 0.2) is 58.4 Å². The van der Waals surface area contributed by atoms with Crippen LogP contribution < -0.4 is 0 Å². The molecule has 0 spiro atoms. The van der Waals surface area contributed by atoms with Gasteiger partial charge in [0.1, 0.15) is 5.78 Å². The summed E-state index contributed by atoms with van der Waals surface area (Å²) in [5.41, 5.74) is 1.86. The van der Waals surface area contributed by atoms with Crippen molar-refractivity contribution in [3.8, 4) is 17.1 Å². The Kier molecular flexibility index (Phi) is 5.69. The first-order valence-electron chi connectivity index (χ1n) is 9.03. The summed E-state index contributed by atoms with van der Waals surface area (Å²) in [5.74, 6) is 1.06. The molecule has 2 aromatic heterocycles. The van der Waals surface area contributed by atoms with Crippen LogP contribution in [0.2, 0.25) is 0 Å². The number of benzene rings is 1. The summed E-state index contributed by atoms with van der Waals surface area (Å²) in [6.45, 7) is 0. The van der Waals surface area contributed by atoms with E-state index in [1.165, 1.54) is 11.8 Å². The van der Waals surface area contributed by atoms with Gasteiger partial charge in [-0.05, 0) is 49.2 Å². The third kappa shape index (κ3) is 4.14. The Morgan fingerprint density at radius 3 is 2.70 bits per heavy atom. The number of hydrogen-bond donors (Lipinski definition) is 0. The van der Waals surface area contributed by atoms with Gasteiger partial charge in [0.05, 0.1) is 5.25 Å². The molecule has 0 unspecified atom stereocenters. The van der Waals surface area contributed by atoms with E-state index in [1.54, 1.807) is 12.4 Å². The molecule has 27 heavy (non-hydrogen) atoms. The van der Waals surface area contributed by atoms with Crippen molar-refractivity contribution >= 4 is 33.5 Å². The fourth-order valence-electron chi connectivity index (χ4n) is 3.23. The minimum Gasteiger partial charge on any atom is -0.298 e. The van der Waals surface area contributed by atoms with E-state index >= 15 is 0 Å². The normalized spacial score (nSPS) is 17.7. The molecule has 0 N–H and O–H groups in total. The van der Waals surface area contributed by atoms with Gasteiger partial charge >= 0.3 is 0 Å². The zero-order valence-corrected chi connectivity index (χ0v) is 17.1. The Labute approximate surface area is 170 Å². The highest BCUT2D eigenvalue weighted by Crippen LogP contribution is 2.34. The number of hydrogen-bond acceptors (Lipinski definition) is 5. The van der Waals surface area contributed by atoms with Crippen molar-refractivity contribution in [2.24, 2.45) is 0 Å². The summed E-state index contributed by atoms with van der Waals surface area (Å²) in [6, 6.07) is 11.9. The molecule has 1 aliphatic carbocycles. The summed E-state index contributed by atoms with van der Waals surface area (Å²) in [5, 5.41) is 9.56. The minimum absolute atomic E-state index is 0.0485. The summed E-state index contributed by atoms with van der Waals surface area (Å²) in [4.78, 5) is 16.7. The number of carbonyl (C=O) groups excluding carboxylic acids is 1. The van der Waals surface area contributed by atoms with Gasteiger partial charge in [0.25, 0.3) is 0 Å². The number of Topliss-reactive ketones (excluding diaryl/α,β-unsaturated/α-hetero) is 1. The van der Waals surface area contributed by atoms with Gasteiger partial charge in [0, 0.05) is 34.5 Å². The summed E-state index contributed by atoms with van der Waals surface area (Å²) < 4.78 is 3.03. The molecule has 1 aliphatic rings. The van der Waals surface area contributed by atoms with Gasteiger partial charge in [-0.2, -0.15) is 0 Å². The van der Waals surface area contributed by atoms with Gasteiger partial charge in [-0.15, -0.1) is 10.2 Å². The molecule has 0 amide bonds. The Hall–Kier alpha value is -1.99. The smallest absolute Gasteiger partial charge is 0.196 e. The van der Waals surface area contributed by atoms with Crippen LogP contribution in [0.4, 0.5) is 0 Å². The molecule has 138 valence electrons. The standard InChI is InChI=1S/C20H19BrN4OS/c21-15-8-10-16(11-9-15)25-19(14-5-4-12-22-13-14)23-24-20(25)27-18-7-3-1-2-6-17(18)26/h4-5,8-13,18H,1-3,6-7H2/t18-/m1/s1. The molecular formula is C20H19BrN4OS. The van der Waals surface area contributed by atoms with Crippen molar-refractivity contribution < 1.29 is 4.79 Å². The lowest BCUT2D eigenvalue weighted by Gasteiger charge is -2.14. The van der Waals surface area contributed by atoms with Crippen LogP contribution in [0.1, 0.15) is 32.1 Å². The molecule has 5 nitrogen and oxygen atoms in total. The Balaban J connectivity index is 1.76. The molecule has 0 aliphatic heterocycles. The highest BCUT2D eigenvalue weighted by Gasteiger charge is 2.26. The molecular weight excluding hydrogens is 424 g/mol. The van der Waals surface area contributed by atoms with Gasteiger partial charge in [0.15, 0.2) is 11.0 Å². The van der Waals surface area contributed by atoms with E-state index in [0.29, 0.717) is 12.2 Å². The quantitative estimate of drug-likeness (QED) is 0.526. The highest BCUT2D eigenvalue weighted by molar-refractivity contribution is 9.10. The molecule has 2 heterocycles. The van der Waals surface area contributed by atoms with E-state index in [-0.39, 0.29) is 5.25 Å². The number of rotatable bonds is 4. The molecule has 0 radical (unpaired) electrons. The maximum absolute atomic E-state index is 12.5. The van der Waals surface area contributed by atoms with Gasteiger partial charge in [-0.3, -0.25) is 14.3 Å². The van der Waals surface area contributed by atoms with E-state index in [2.05, 4.69) is 31.1 Å². The first-order valence-corrected chi connectivity index (χ1v) is 10.7. The minimum atomic E-state index is -0.0485. The van der Waals surface area contributed by atoms with Gasteiger partial charge in [-0.1, -0.05) is 40.5 Å². The second kappa shape index (κ2) is 8.35. The predicted octanol–water partition coefficient (Wildman–Crippen LogP) is 5.09. The van der Waals surface area contributed by atoms with E-state index < -0.39 is 0 Å². The zero-order valence-electron chi connectivity index (χ0n) is 14.7. The maximum Gasteiger partial charge on any atom is 0.196 e. The fourth-order valence-corrected chi connectivity index (χ4v) is 4.67. The topological polar surface area (TPSA) is 60.7 Å². The molecule has 0 bridgehead atoms. The molecule has 4 rings (SSSR count). The van der Waals surface area contributed by atoms with Gasteiger partial charge < -0.3 is 0 Å². The van der Waals surface area contributed by atoms with Crippen molar-refractivity contribution in [3.63, 3.8) is 0 Å². The van der Waals surface area contributed by atoms with Crippen LogP contribution in [-0.2, 0) is 4.79 Å². The van der Waals surface area contributed by atoms with Crippen LogP contribution in [0, 0.1) is 0 Å². The van der Waals surface area contributed by atoms with Crippen LogP contribution in [0.5, 0.6) is 0 Å². The van der Waals surface area contributed by atoms with Crippen molar-refractivity contribution in [1.82, 2.24) is 19.7 Å². The second-order valence-corrected chi connectivity index (χ2v) is 8.62. The highest BCUT2D eigenvalue weighted by atomic mass is 79.9. The lowest BCUT2D eigenvalue weighted by Crippen LogP contribution is -2.16. The SMILES string of the molecule is O=C1CCCCC[C@H]1Sc1nnc(-c2cccnc2)n1-c1ccc(Br)cc1. The number of nitrogens with zero attached hydrogens (tertiary/aromatic N) is 4. The molecule has 1 aromatic carbocycles. The van der Waals surface area contributed by atoms with E-state index in [0.717, 1.165) is 52.4 Å². The van der Waals surface area contributed by atoms with Crippen LogP contribution in [0.25, 0.3) is 17.1 Å². The zero-order chi connectivity index (χ0) is 18.6. The molecule has 0 saturated heterocycles. The third-order valence-corrected chi connectivity index (χ3v) is 6.42. The molecule has 1 saturated carbocycles. The monoisotopic (exact) mass is 442 g/mol. The lowest BCUT2D eigenvalue weighted by atomic mass is 10.2. The van der Waals surface area contributed by atoms with E-state index in [4.69, 9.17) is 0 Å². The average molecular weight is 443 g/mol. The predicted molar refractivity (Wildman–Crippen MR) is 110 cm³/mol. The first-order chi connectivity index (χ1) is 13.2. The number of aromatic nitrogens is 4. The van der Waals surface area contributed by atoms with Crippen molar-refractivity contribution in [2.75, 3.05) is 0 Å². The van der Waals surface area contributed by atoms with E-state index in [1.807, 2.05) is 41.0 Å². The number of thioether (sulfide) groups is 1. The molecule has 1 atom stereocenters. The van der Waals surface area contributed by atoms with Crippen LogP contribution in [0.3, 0.4) is 0 Å². The number of carbonyl (C=O) groups is 1. The Morgan fingerprint density at radius 2 is 1.93 bits per heavy atom. The molecule has 7 heteroatoms. The number of pyridine rings is 1. The molecule has 3 aromatic rings. The van der Waals surface area contributed by atoms with Crippen LogP contribution >= 0.6 is 27.7 Å². The Morgan fingerprint density at radius 1 is 1.07 bits per heavy atom. The van der Waals surface area contributed by atoms with Crippen molar-refractivity contribution in [2.45, 2.75) is 42.5 Å².